The van der Waals surface area contributed by atoms with E-state index in [0.717, 1.165) is 49.9 Å². The fraction of sp³-hybridized carbons (Fsp3) is 0.659. The average Bonchev–Trinajstić information content (AvgIpc) is 3.97. The molecule has 1 aliphatic heterocycles. The number of rotatable bonds is 29. The zero-order chi connectivity index (χ0) is 44.8. The van der Waals surface area contributed by atoms with Gasteiger partial charge in [0.05, 0.1) is 109 Å². The van der Waals surface area contributed by atoms with Crippen LogP contribution in [0.3, 0.4) is 0 Å². The molecule has 0 radical (unpaired) electrons. The zero-order valence-corrected chi connectivity index (χ0v) is 37.7. The first kappa shape index (κ1) is 48.6. The summed E-state index contributed by atoms with van der Waals surface area (Å²) in [7, 11) is 1.65. The second kappa shape index (κ2) is 26.8. The van der Waals surface area contributed by atoms with E-state index in [1.54, 1.807) is 30.3 Å². The van der Waals surface area contributed by atoms with Crippen LogP contribution in [0.1, 0.15) is 64.5 Å². The highest BCUT2D eigenvalue weighted by molar-refractivity contribution is 5.67. The van der Waals surface area contributed by atoms with Crippen LogP contribution in [0.4, 0.5) is 11.6 Å². The lowest BCUT2D eigenvalue weighted by atomic mass is 9.89. The van der Waals surface area contributed by atoms with Crippen LogP contribution in [0.5, 0.6) is 11.6 Å². The Labute approximate surface area is 375 Å². The number of benzene rings is 1. The van der Waals surface area contributed by atoms with E-state index in [-0.39, 0.29) is 24.4 Å². The van der Waals surface area contributed by atoms with Gasteiger partial charge in [-0.2, -0.15) is 5.26 Å². The van der Waals surface area contributed by atoms with Crippen molar-refractivity contribution >= 4 is 11.6 Å². The fourth-order valence-corrected chi connectivity index (χ4v) is 7.75. The van der Waals surface area contributed by atoms with Gasteiger partial charge in [0.2, 0.25) is 5.95 Å². The van der Waals surface area contributed by atoms with Crippen LogP contribution in [-0.4, -0.2) is 169 Å². The van der Waals surface area contributed by atoms with Gasteiger partial charge in [0.1, 0.15) is 29.9 Å². The van der Waals surface area contributed by atoms with Crippen LogP contribution in [0.25, 0.3) is 11.1 Å². The van der Waals surface area contributed by atoms with Crippen molar-refractivity contribution in [3.63, 3.8) is 0 Å². The van der Waals surface area contributed by atoms with Crippen molar-refractivity contribution in [2.24, 2.45) is 0 Å². The summed E-state index contributed by atoms with van der Waals surface area (Å²) in [5.41, 5.74) is 2.67. The van der Waals surface area contributed by atoms with Gasteiger partial charge in [0.25, 0.3) is 5.88 Å². The van der Waals surface area contributed by atoms with Crippen molar-refractivity contribution in [2.45, 2.75) is 89.8 Å². The summed E-state index contributed by atoms with van der Waals surface area (Å²) < 4.78 is 54.8. The molecule has 4 aromatic rings. The van der Waals surface area contributed by atoms with Crippen molar-refractivity contribution in [3.8, 4) is 28.8 Å². The van der Waals surface area contributed by atoms with Gasteiger partial charge in [-0.25, -0.2) is 14.6 Å². The van der Waals surface area contributed by atoms with Crippen molar-refractivity contribution < 1.29 is 42.6 Å². The molecule has 1 saturated heterocycles. The number of morpholine rings is 1. The van der Waals surface area contributed by atoms with Crippen molar-refractivity contribution in [2.75, 3.05) is 105 Å². The third-order valence-electron chi connectivity index (χ3n) is 10.8. The number of aromatic nitrogens is 8. The van der Waals surface area contributed by atoms with Crippen LogP contribution < -0.4 is 14.8 Å². The second-order valence-electron chi connectivity index (χ2n) is 16.0. The van der Waals surface area contributed by atoms with Crippen LogP contribution in [0.2, 0.25) is 0 Å². The minimum absolute atomic E-state index is 0.246. The maximum Gasteiger partial charge on any atom is 0.256 e. The van der Waals surface area contributed by atoms with Gasteiger partial charge in [-0.05, 0) is 74.6 Å². The molecule has 350 valence electrons. The van der Waals surface area contributed by atoms with Crippen molar-refractivity contribution in [1.29, 1.82) is 5.26 Å². The molecule has 3 atom stereocenters. The zero-order valence-electron chi connectivity index (χ0n) is 37.7. The number of methoxy groups -OCH3 is 1. The minimum atomic E-state index is -0.289. The van der Waals surface area contributed by atoms with Crippen molar-refractivity contribution in [3.05, 3.63) is 48.7 Å². The van der Waals surface area contributed by atoms with Crippen LogP contribution in [0, 0.1) is 11.3 Å². The molecule has 1 saturated carbocycles. The Bertz CT molecular complexity index is 1930. The Morgan fingerprint density at radius 3 is 2.05 bits per heavy atom. The molecule has 2 aliphatic rings. The molecule has 3 aromatic heterocycles. The van der Waals surface area contributed by atoms with Gasteiger partial charge >= 0.3 is 0 Å². The number of nitriles is 1. The van der Waals surface area contributed by atoms with E-state index in [9.17, 15) is 5.26 Å². The minimum Gasteiger partial charge on any atom is -0.487 e. The number of hydrogen-bond acceptors (Lipinski definition) is 18. The smallest absolute Gasteiger partial charge is 0.256 e. The van der Waals surface area contributed by atoms with Gasteiger partial charge in [-0.15, -0.1) is 10.2 Å². The Morgan fingerprint density at radius 2 is 1.44 bits per heavy atom. The molecule has 20 heteroatoms. The summed E-state index contributed by atoms with van der Waals surface area (Å²) in [5, 5.41) is 29.3. The lowest BCUT2D eigenvalue weighted by Crippen LogP contribution is -2.51. The normalized spacial score (nSPS) is 19.6. The molecule has 0 amide bonds. The first-order valence-electron chi connectivity index (χ1n) is 22.4. The molecule has 64 heavy (non-hydrogen) atoms. The second-order valence-corrected chi connectivity index (χ2v) is 16.0. The molecule has 1 aromatic carbocycles. The van der Waals surface area contributed by atoms with Gasteiger partial charge in [-0.1, -0.05) is 6.07 Å². The molecular formula is C44H65N11O9. The summed E-state index contributed by atoms with van der Waals surface area (Å²) in [5.74, 6) is 1.34. The van der Waals surface area contributed by atoms with E-state index in [1.807, 2.05) is 29.9 Å². The maximum atomic E-state index is 9.75. The number of nitrogens with one attached hydrogen (secondary N) is 1. The molecule has 20 nitrogen and oxygen atoms in total. The molecule has 4 heterocycles. The molecule has 0 spiro atoms. The lowest BCUT2D eigenvalue weighted by molar-refractivity contribution is -0.0852. The summed E-state index contributed by atoms with van der Waals surface area (Å²) in [6, 6.07) is 8.41. The first-order chi connectivity index (χ1) is 31.4. The predicted octanol–water partition coefficient (Wildman–Crippen LogP) is 4.50. The SMILES string of the molecule is COCCOCCOCCOCCOCCOCCCOc1nn(C2CCC(N3C[C@@H](C)O[C@@H](C)C3)CC2)cc1Nc1ncc(-c2ccc(C#N)c(O[C@@H](C)Cn3cnnn3)c2)cn1. The monoisotopic (exact) mass is 891 g/mol. The molecule has 6 rings (SSSR count). The van der Waals surface area contributed by atoms with Gasteiger partial charge in [0, 0.05) is 57.2 Å². The van der Waals surface area contributed by atoms with Gasteiger partial charge in [0.15, 0.2) is 0 Å². The third-order valence-corrected chi connectivity index (χ3v) is 10.8. The molecule has 0 unspecified atom stereocenters. The maximum absolute atomic E-state index is 9.75. The highest BCUT2D eigenvalue weighted by Crippen LogP contribution is 2.35. The summed E-state index contributed by atoms with van der Waals surface area (Å²) in [6.07, 6.45) is 12.1. The Balaban J connectivity index is 0.976. The Morgan fingerprint density at radius 1 is 0.812 bits per heavy atom. The largest absolute Gasteiger partial charge is 0.487 e. The molecular weight excluding hydrogens is 827 g/mol. The number of tetrazole rings is 1. The van der Waals surface area contributed by atoms with E-state index in [1.165, 1.54) is 6.33 Å². The highest BCUT2D eigenvalue weighted by atomic mass is 16.6. The number of ether oxygens (including phenoxy) is 9. The summed E-state index contributed by atoms with van der Waals surface area (Å²) in [4.78, 5) is 11.9. The molecule has 1 aliphatic carbocycles. The number of hydrogen-bond donors (Lipinski definition) is 1. The molecule has 1 N–H and O–H groups in total. The average molecular weight is 892 g/mol. The first-order valence-corrected chi connectivity index (χ1v) is 22.4. The van der Waals surface area contributed by atoms with Gasteiger partial charge in [-0.3, -0.25) is 9.58 Å². The van der Waals surface area contributed by atoms with E-state index >= 15 is 0 Å². The Hall–Kier alpha value is -4.85. The topological polar surface area (TPSA) is 209 Å². The standard InChI is InChI=1S/C44H65N11O9/c1-33-28-53(29-34(2)63-33)39-8-10-40(11-9-39)55-31-41(43(50-55)62-13-5-12-57-16-17-59-20-21-61-23-22-60-19-18-58-15-14-56-4)49-44-46-26-38(27-47-44)36-6-7-37(25-45)42(24-36)64-35(3)30-54-32-48-51-52-54/h6-7,24,26-27,31-35,39-40H,5,8-23,28-30H2,1-4H3,(H,46,47,49)/t33-,34+,35-,39?,40?/m0/s1. The van der Waals surface area contributed by atoms with E-state index in [2.05, 4.69) is 55.6 Å². The number of anilines is 2. The van der Waals surface area contributed by atoms with Gasteiger partial charge < -0.3 is 47.9 Å². The van der Waals surface area contributed by atoms with Crippen LogP contribution in [0.15, 0.2) is 43.1 Å². The number of nitrogens with zero attached hydrogens (tertiary/aromatic N) is 10. The molecule has 0 bridgehead atoms. The van der Waals surface area contributed by atoms with E-state index in [4.69, 9.17) is 47.7 Å². The van der Waals surface area contributed by atoms with E-state index < -0.39 is 0 Å². The van der Waals surface area contributed by atoms with Crippen molar-refractivity contribution in [1.82, 2.24) is 44.9 Å². The third kappa shape index (κ3) is 16.0. The lowest BCUT2D eigenvalue weighted by Gasteiger charge is -2.42. The van der Waals surface area contributed by atoms with Crippen LogP contribution >= 0.6 is 0 Å². The molecule has 2 fully saturated rings. The van der Waals surface area contributed by atoms with E-state index in [0.29, 0.717) is 127 Å². The Kier molecular flexibility index (Phi) is 20.4. The van der Waals surface area contributed by atoms with Crippen LogP contribution in [-0.2, 0) is 39.7 Å². The fourth-order valence-electron chi connectivity index (χ4n) is 7.75. The summed E-state index contributed by atoms with van der Waals surface area (Å²) >= 11 is 0. The summed E-state index contributed by atoms with van der Waals surface area (Å²) in [6.45, 7) is 14.7. The predicted molar refractivity (Wildman–Crippen MR) is 235 cm³/mol. The highest BCUT2D eigenvalue weighted by Gasteiger charge is 2.32. The quantitative estimate of drug-likeness (QED) is 0.0744.